The van der Waals surface area contributed by atoms with E-state index in [-0.39, 0.29) is 5.69 Å². The number of rotatable bonds is 4. The Labute approximate surface area is 84.3 Å². The van der Waals surface area contributed by atoms with Crippen molar-refractivity contribution in [1.29, 1.82) is 0 Å². The molecule has 0 aliphatic heterocycles. The molecule has 0 saturated heterocycles. The lowest BCUT2D eigenvalue weighted by Gasteiger charge is -2.17. The molecule has 0 saturated carbocycles. The van der Waals surface area contributed by atoms with Gasteiger partial charge >= 0.3 is 5.97 Å². The molecule has 1 aromatic rings. The number of aliphatic hydroxyl groups is 1. The lowest BCUT2D eigenvalue weighted by Crippen LogP contribution is -2.46. The first kappa shape index (κ1) is 11.1. The number of H-pyrrole nitrogens is 1. The Kier molecular flexibility index (Phi) is 3.00. The predicted octanol–water partition coefficient (Wildman–Crippen LogP) is -1.63. The van der Waals surface area contributed by atoms with Crippen molar-refractivity contribution in [3.8, 4) is 0 Å². The smallest absolute Gasteiger partial charge is 0.337 e. The van der Waals surface area contributed by atoms with Crippen LogP contribution in [0.4, 0.5) is 0 Å². The van der Waals surface area contributed by atoms with E-state index >= 15 is 0 Å². The maximum atomic E-state index is 11.2. The van der Waals surface area contributed by atoms with E-state index in [4.69, 9.17) is 5.11 Å². The molecule has 0 aromatic carbocycles. The Balaban J connectivity index is 2.51. The molecule has 1 atom stereocenters. The summed E-state index contributed by atoms with van der Waals surface area (Å²) in [5.41, 5.74) is -1.98. The van der Waals surface area contributed by atoms with E-state index in [1.54, 1.807) is 0 Å². The van der Waals surface area contributed by atoms with Gasteiger partial charge in [-0.25, -0.2) is 4.79 Å². The van der Waals surface area contributed by atoms with Crippen LogP contribution in [-0.4, -0.2) is 49.6 Å². The zero-order valence-electron chi connectivity index (χ0n) is 7.89. The van der Waals surface area contributed by atoms with Gasteiger partial charge in [-0.2, -0.15) is 15.4 Å². The number of nitrogens with zero attached hydrogens (tertiary/aromatic N) is 2. The number of aromatic nitrogens is 3. The first-order valence-corrected chi connectivity index (χ1v) is 4.03. The monoisotopic (exact) mass is 214 g/mol. The molecule has 0 aliphatic rings. The quantitative estimate of drug-likeness (QED) is 0.476. The van der Waals surface area contributed by atoms with Gasteiger partial charge in [-0.1, -0.05) is 0 Å². The summed E-state index contributed by atoms with van der Waals surface area (Å²) in [5.74, 6) is -2.02. The third-order valence-electron chi connectivity index (χ3n) is 1.70. The number of aliphatic carboxylic acids is 1. The van der Waals surface area contributed by atoms with Crippen LogP contribution in [-0.2, 0) is 4.79 Å². The average Bonchev–Trinajstić information content (AvgIpc) is 2.66. The average molecular weight is 214 g/mol. The summed E-state index contributed by atoms with van der Waals surface area (Å²) >= 11 is 0. The van der Waals surface area contributed by atoms with Crippen molar-refractivity contribution < 1.29 is 19.8 Å². The summed E-state index contributed by atoms with van der Waals surface area (Å²) in [4.78, 5) is 21.7. The first-order valence-electron chi connectivity index (χ1n) is 4.03. The molecule has 1 amide bonds. The van der Waals surface area contributed by atoms with Crippen LogP contribution in [0.5, 0.6) is 0 Å². The lowest BCUT2D eigenvalue weighted by molar-refractivity contribution is -0.155. The van der Waals surface area contributed by atoms with E-state index in [0.717, 1.165) is 6.92 Å². The fraction of sp³-hybridized carbons (Fsp3) is 0.429. The molecule has 0 spiro atoms. The van der Waals surface area contributed by atoms with Crippen molar-refractivity contribution in [3.63, 3.8) is 0 Å². The van der Waals surface area contributed by atoms with Crippen LogP contribution in [0.3, 0.4) is 0 Å². The van der Waals surface area contributed by atoms with Gasteiger partial charge in [0.2, 0.25) is 0 Å². The van der Waals surface area contributed by atoms with Crippen molar-refractivity contribution in [2.24, 2.45) is 0 Å². The van der Waals surface area contributed by atoms with Crippen LogP contribution < -0.4 is 5.32 Å². The molecule has 8 heteroatoms. The molecule has 0 bridgehead atoms. The third-order valence-corrected chi connectivity index (χ3v) is 1.70. The van der Waals surface area contributed by atoms with Gasteiger partial charge in [0.1, 0.15) is 0 Å². The minimum atomic E-state index is -2.00. The number of nitrogens with one attached hydrogen (secondary N) is 2. The molecular formula is C7H10N4O4. The predicted molar refractivity (Wildman–Crippen MR) is 47.0 cm³/mol. The van der Waals surface area contributed by atoms with Crippen LogP contribution >= 0.6 is 0 Å². The Morgan fingerprint density at radius 2 is 2.33 bits per heavy atom. The maximum absolute atomic E-state index is 11.2. The zero-order valence-corrected chi connectivity index (χ0v) is 7.89. The van der Waals surface area contributed by atoms with Gasteiger partial charge in [-0.05, 0) is 6.92 Å². The highest BCUT2D eigenvalue weighted by Gasteiger charge is 2.30. The van der Waals surface area contributed by atoms with Gasteiger partial charge in [0.05, 0.1) is 12.7 Å². The summed E-state index contributed by atoms with van der Waals surface area (Å²) in [6.07, 6.45) is 1.19. The normalized spacial score (nSPS) is 14.3. The molecule has 0 aliphatic carbocycles. The first-order chi connectivity index (χ1) is 6.93. The highest BCUT2D eigenvalue weighted by Crippen LogP contribution is 2.01. The van der Waals surface area contributed by atoms with E-state index < -0.39 is 24.0 Å². The van der Waals surface area contributed by atoms with Gasteiger partial charge in [0.25, 0.3) is 5.91 Å². The highest BCUT2D eigenvalue weighted by atomic mass is 16.4. The highest BCUT2D eigenvalue weighted by molar-refractivity contribution is 5.92. The van der Waals surface area contributed by atoms with E-state index in [0.29, 0.717) is 0 Å². The number of amides is 1. The second-order valence-electron chi connectivity index (χ2n) is 3.12. The molecule has 15 heavy (non-hydrogen) atoms. The Morgan fingerprint density at radius 3 is 2.80 bits per heavy atom. The van der Waals surface area contributed by atoms with Crippen molar-refractivity contribution in [2.45, 2.75) is 12.5 Å². The van der Waals surface area contributed by atoms with E-state index in [1.807, 2.05) is 0 Å². The largest absolute Gasteiger partial charge is 0.479 e. The summed E-state index contributed by atoms with van der Waals surface area (Å²) in [6.45, 7) is 0.673. The summed E-state index contributed by atoms with van der Waals surface area (Å²) < 4.78 is 0. The van der Waals surface area contributed by atoms with E-state index in [2.05, 4.69) is 20.7 Å². The fourth-order valence-electron chi connectivity index (χ4n) is 0.730. The van der Waals surface area contributed by atoms with Gasteiger partial charge in [-0.3, -0.25) is 4.79 Å². The van der Waals surface area contributed by atoms with Crippen molar-refractivity contribution in [1.82, 2.24) is 20.7 Å². The molecule has 1 unspecified atom stereocenters. The lowest BCUT2D eigenvalue weighted by atomic mass is 10.1. The number of hydrogen-bond donors (Lipinski definition) is 4. The molecule has 1 aromatic heterocycles. The van der Waals surface area contributed by atoms with Crippen molar-refractivity contribution in [2.75, 3.05) is 6.54 Å². The molecular weight excluding hydrogens is 204 g/mol. The number of aromatic amines is 1. The molecule has 4 N–H and O–H groups in total. The number of carbonyl (C=O) groups excluding carboxylic acids is 1. The Morgan fingerprint density at radius 1 is 1.67 bits per heavy atom. The summed E-state index contributed by atoms with van der Waals surface area (Å²) in [6, 6.07) is 0. The number of carbonyl (C=O) groups is 2. The molecule has 82 valence electrons. The number of carboxylic acid groups (broad SMARTS) is 1. The van der Waals surface area contributed by atoms with Gasteiger partial charge < -0.3 is 15.5 Å². The van der Waals surface area contributed by atoms with Gasteiger partial charge in [0, 0.05) is 0 Å². The number of hydrogen-bond acceptors (Lipinski definition) is 5. The number of carboxylic acids is 1. The summed E-state index contributed by atoms with van der Waals surface area (Å²) in [5, 5.41) is 29.2. The minimum absolute atomic E-state index is 0.0242. The van der Waals surface area contributed by atoms with E-state index in [1.165, 1.54) is 6.20 Å². The Bertz CT molecular complexity index is 359. The molecule has 8 nitrogen and oxygen atoms in total. The maximum Gasteiger partial charge on any atom is 0.337 e. The van der Waals surface area contributed by atoms with Crippen molar-refractivity contribution >= 4 is 11.9 Å². The van der Waals surface area contributed by atoms with Crippen molar-refractivity contribution in [3.05, 3.63) is 11.9 Å². The second-order valence-corrected chi connectivity index (χ2v) is 3.12. The molecule has 0 radical (unpaired) electrons. The minimum Gasteiger partial charge on any atom is -0.479 e. The second kappa shape index (κ2) is 4.05. The Hall–Kier alpha value is -1.96. The van der Waals surface area contributed by atoms with Gasteiger partial charge in [-0.15, -0.1) is 0 Å². The van der Waals surface area contributed by atoms with Crippen LogP contribution in [0.2, 0.25) is 0 Å². The van der Waals surface area contributed by atoms with Crippen LogP contribution in [0, 0.1) is 0 Å². The van der Waals surface area contributed by atoms with Gasteiger partial charge in [0.15, 0.2) is 11.3 Å². The molecule has 1 rings (SSSR count). The SMILES string of the molecule is CC(O)(CNC(=O)c1cn[nH]n1)C(=O)O. The van der Waals surface area contributed by atoms with Crippen LogP contribution in [0.25, 0.3) is 0 Å². The fourth-order valence-corrected chi connectivity index (χ4v) is 0.730. The topological polar surface area (TPSA) is 128 Å². The molecule has 1 heterocycles. The van der Waals surface area contributed by atoms with E-state index in [9.17, 15) is 14.7 Å². The third kappa shape index (κ3) is 2.74. The molecule has 0 fully saturated rings. The van der Waals surface area contributed by atoms with Crippen LogP contribution in [0.15, 0.2) is 6.20 Å². The standard InChI is InChI=1S/C7H10N4O4/c1-7(15,6(13)14)3-8-5(12)4-2-9-11-10-4/h2,15H,3H2,1H3,(H,8,12)(H,13,14)(H,9,10,11). The summed E-state index contributed by atoms with van der Waals surface area (Å²) in [7, 11) is 0. The zero-order chi connectivity index (χ0) is 11.5. The van der Waals surface area contributed by atoms with Crippen LogP contribution in [0.1, 0.15) is 17.4 Å².